The van der Waals surface area contributed by atoms with Crippen molar-refractivity contribution in [2.24, 2.45) is 0 Å². The Labute approximate surface area is 61.6 Å². The van der Waals surface area contributed by atoms with E-state index in [1.807, 2.05) is 0 Å². The van der Waals surface area contributed by atoms with Crippen molar-refractivity contribution in [2.45, 2.75) is 0 Å². The number of carbonyl (C=O) groups excluding carboxylic acids is 2. The molecule has 0 aromatic carbocycles. The van der Waals surface area contributed by atoms with E-state index in [1.165, 1.54) is 0 Å². The molecule has 0 bridgehead atoms. The largest absolute Gasteiger partial charge is 4.00 e. The molecule has 0 atom stereocenters. The van der Waals surface area contributed by atoms with Gasteiger partial charge in [-0.15, -0.1) is 0 Å². The van der Waals surface area contributed by atoms with E-state index in [4.69, 9.17) is 30.0 Å². The first-order chi connectivity index (χ1) is 3.46. The van der Waals surface area contributed by atoms with E-state index in [-0.39, 0.29) is 18.6 Å². The molecule has 1 radical (unpaired) electrons. The van der Waals surface area contributed by atoms with Gasteiger partial charge in [0.05, 0.1) is 0 Å². The maximum atomic E-state index is 8.33. The number of rotatable bonds is 0. The molecule has 49 valence electrons. The third kappa shape index (κ3) is 244. The standard InChI is InChI=1S/2CH2O3.V/c2*2-1(3)4;/h2*(H2,2,3,4);/q;;+4/p-4. The maximum Gasteiger partial charge on any atom is 4.00 e. The Morgan fingerprint density at radius 2 is 0.778 bits per heavy atom. The summed E-state index contributed by atoms with van der Waals surface area (Å²) in [5, 5.41) is 33.3. The molecule has 0 aliphatic heterocycles. The van der Waals surface area contributed by atoms with Crippen LogP contribution in [0.5, 0.6) is 0 Å². The van der Waals surface area contributed by atoms with E-state index in [1.54, 1.807) is 0 Å². The van der Waals surface area contributed by atoms with Crippen LogP contribution in [0.2, 0.25) is 0 Å². The van der Waals surface area contributed by atoms with E-state index >= 15 is 0 Å². The fourth-order valence-corrected chi connectivity index (χ4v) is 0. The second-order valence-electron chi connectivity index (χ2n) is 0.500. The van der Waals surface area contributed by atoms with Gasteiger partial charge in [0.1, 0.15) is 0 Å². The summed E-state index contributed by atoms with van der Waals surface area (Å²) in [6.45, 7) is 0. The summed E-state index contributed by atoms with van der Waals surface area (Å²) in [6.07, 6.45) is -4.67. The minimum atomic E-state index is -2.33. The van der Waals surface area contributed by atoms with E-state index in [9.17, 15) is 0 Å². The Morgan fingerprint density at radius 3 is 0.778 bits per heavy atom. The summed E-state index contributed by atoms with van der Waals surface area (Å²) in [5.41, 5.74) is 0. The van der Waals surface area contributed by atoms with Crippen LogP contribution in [0.4, 0.5) is 9.59 Å². The van der Waals surface area contributed by atoms with E-state index < -0.39 is 12.3 Å². The zero-order valence-electron chi connectivity index (χ0n) is 3.90. The van der Waals surface area contributed by atoms with Crippen molar-refractivity contribution in [2.75, 3.05) is 0 Å². The number of carboxylic acid groups (broad SMARTS) is 4. The van der Waals surface area contributed by atoms with Crippen LogP contribution in [0.25, 0.3) is 0 Å². The first-order valence-electron chi connectivity index (χ1n) is 1.22. The van der Waals surface area contributed by atoms with Crippen molar-refractivity contribution < 1.29 is 48.6 Å². The van der Waals surface area contributed by atoms with Gasteiger partial charge in [-0.25, -0.2) is 0 Å². The van der Waals surface area contributed by atoms with Crippen LogP contribution in [0.3, 0.4) is 0 Å². The van der Waals surface area contributed by atoms with Gasteiger partial charge in [-0.3, -0.25) is 0 Å². The second-order valence-corrected chi connectivity index (χ2v) is 0.500. The van der Waals surface area contributed by atoms with Crippen molar-refractivity contribution in [3.63, 3.8) is 0 Å². The molecule has 0 aliphatic carbocycles. The van der Waals surface area contributed by atoms with Gasteiger partial charge in [0.25, 0.3) is 0 Å². The third-order valence-corrected chi connectivity index (χ3v) is 0. The molecule has 0 spiro atoms. The fraction of sp³-hybridized carbons (Fsp3) is 0. The van der Waals surface area contributed by atoms with Crippen LogP contribution in [-0.4, -0.2) is 12.3 Å². The average Bonchev–Trinajstić information content (AvgIpc) is 1.25. The van der Waals surface area contributed by atoms with E-state index in [2.05, 4.69) is 0 Å². The predicted molar refractivity (Wildman–Crippen MR) is 10.8 cm³/mol. The molecule has 0 amide bonds. The molecule has 0 saturated heterocycles. The van der Waals surface area contributed by atoms with Gasteiger partial charge in [-0.05, 0) is 12.3 Å². The Morgan fingerprint density at radius 1 is 0.778 bits per heavy atom. The second kappa shape index (κ2) is 10.2. The van der Waals surface area contributed by atoms with Gasteiger partial charge < -0.3 is 30.0 Å². The Hall–Kier alpha value is -0.876. The minimum absolute atomic E-state index is 0. The predicted octanol–water partition coefficient (Wildman–Crippen LogP) is -4.90. The van der Waals surface area contributed by atoms with Gasteiger partial charge in [0.2, 0.25) is 0 Å². The SMILES string of the molecule is O=C([O-])[O-].O=C([O-])[O-].[V+4]. The summed E-state index contributed by atoms with van der Waals surface area (Å²) in [7, 11) is 0. The Kier molecular flexibility index (Phi) is 17.8. The van der Waals surface area contributed by atoms with Gasteiger partial charge in [-0.2, -0.15) is 0 Å². The molecule has 0 aromatic rings. The summed E-state index contributed by atoms with van der Waals surface area (Å²) < 4.78 is 0. The van der Waals surface area contributed by atoms with Crippen molar-refractivity contribution in [3.05, 3.63) is 0 Å². The molecular weight excluding hydrogens is 171 g/mol. The summed E-state index contributed by atoms with van der Waals surface area (Å²) >= 11 is 0. The Bertz CT molecular complexity index is 69.1. The summed E-state index contributed by atoms with van der Waals surface area (Å²) in [6, 6.07) is 0. The number of hydrogen-bond acceptors (Lipinski definition) is 6. The van der Waals surface area contributed by atoms with Crippen LogP contribution in [-0.2, 0) is 18.6 Å². The molecule has 7 heteroatoms. The smallest absolute Gasteiger partial charge is 0.652 e. The van der Waals surface area contributed by atoms with Gasteiger partial charge in [0.15, 0.2) is 0 Å². The molecule has 0 heterocycles. The number of carbonyl (C=O) groups is 2. The zero-order valence-corrected chi connectivity index (χ0v) is 5.29. The third-order valence-electron chi connectivity index (χ3n) is 0. The van der Waals surface area contributed by atoms with Gasteiger partial charge in [0, 0.05) is 0 Å². The Balaban J connectivity index is -0.0000000720. The molecule has 0 unspecified atom stereocenters. The van der Waals surface area contributed by atoms with Crippen LogP contribution in [0, 0.1) is 0 Å². The normalized spacial score (nSPS) is 5.33. The van der Waals surface area contributed by atoms with Crippen LogP contribution < -0.4 is 20.4 Å². The molecule has 9 heavy (non-hydrogen) atoms. The van der Waals surface area contributed by atoms with Gasteiger partial charge in [-0.1, -0.05) is 0 Å². The molecule has 0 saturated carbocycles. The van der Waals surface area contributed by atoms with E-state index in [0.717, 1.165) is 0 Å². The van der Waals surface area contributed by atoms with E-state index in [0.29, 0.717) is 0 Å². The number of hydrogen-bond donors (Lipinski definition) is 0. The van der Waals surface area contributed by atoms with Crippen LogP contribution >= 0.6 is 0 Å². The molecular formula is C2O6V. The molecule has 0 aromatic heterocycles. The van der Waals surface area contributed by atoms with Crippen LogP contribution in [0.15, 0.2) is 0 Å². The first-order valence-corrected chi connectivity index (χ1v) is 1.22. The molecule has 0 rings (SSSR count). The van der Waals surface area contributed by atoms with Crippen molar-refractivity contribution in [3.8, 4) is 0 Å². The van der Waals surface area contributed by atoms with Crippen molar-refractivity contribution >= 4 is 12.3 Å². The molecule has 0 N–H and O–H groups in total. The first kappa shape index (κ1) is 15.7. The fourth-order valence-electron chi connectivity index (χ4n) is 0. The minimum Gasteiger partial charge on any atom is -0.652 e. The maximum absolute atomic E-state index is 8.33. The van der Waals surface area contributed by atoms with Crippen LogP contribution in [0.1, 0.15) is 0 Å². The molecule has 6 nitrogen and oxygen atoms in total. The quantitative estimate of drug-likeness (QED) is 0.359. The molecule has 0 aliphatic rings. The topological polar surface area (TPSA) is 126 Å². The monoisotopic (exact) mass is 171 g/mol. The average molecular weight is 171 g/mol. The summed E-state index contributed by atoms with van der Waals surface area (Å²) in [4.78, 5) is 16.7. The molecule has 0 fully saturated rings. The van der Waals surface area contributed by atoms with Gasteiger partial charge >= 0.3 is 18.6 Å². The van der Waals surface area contributed by atoms with Crippen molar-refractivity contribution in [1.82, 2.24) is 0 Å². The summed E-state index contributed by atoms with van der Waals surface area (Å²) in [5.74, 6) is 0. The zero-order chi connectivity index (χ0) is 7.15. The van der Waals surface area contributed by atoms with Crippen molar-refractivity contribution in [1.29, 1.82) is 0 Å².